The number of hydrogen-bond acceptors (Lipinski definition) is 4. The van der Waals surface area contributed by atoms with E-state index in [-0.39, 0.29) is 18.5 Å². The molecule has 3 unspecified atom stereocenters. The monoisotopic (exact) mass is 286 g/mol. The molecule has 1 saturated carbocycles. The minimum absolute atomic E-state index is 0.0974. The fourth-order valence-corrected chi connectivity index (χ4v) is 3.14. The number of likely N-dealkylation sites (tertiary alicyclic amines) is 1. The lowest BCUT2D eigenvalue weighted by Crippen LogP contribution is -2.57. The van der Waals surface area contributed by atoms with Crippen molar-refractivity contribution in [2.45, 2.75) is 43.8 Å². The average molecular weight is 286 g/mol. The third-order valence-corrected chi connectivity index (χ3v) is 4.45. The van der Waals surface area contributed by atoms with Gasteiger partial charge in [-0.05, 0) is 19.3 Å². The number of nitrogens with zero attached hydrogens (tertiary/aromatic N) is 1. The highest BCUT2D eigenvalue weighted by molar-refractivity contribution is 5.76. The van der Waals surface area contributed by atoms with Crippen molar-refractivity contribution in [3.63, 3.8) is 0 Å². The van der Waals surface area contributed by atoms with Crippen LogP contribution < -0.4 is 5.32 Å². The zero-order valence-electron chi connectivity index (χ0n) is 11.4. The van der Waals surface area contributed by atoms with Crippen LogP contribution in [-0.2, 0) is 4.79 Å². The van der Waals surface area contributed by atoms with E-state index >= 15 is 0 Å². The van der Waals surface area contributed by atoms with Crippen LogP contribution in [0.2, 0.25) is 0 Å². The smallest absolute Gasteiger partial charge is 0.334 e. The summed E-state index contributed by atoms with van der Waals surface area (Å²) in [7, 11) is 0. The molecule has 2 rings (SSSR count). The van der Waals surface area contributed by atoms with Gasteiger partial charge in [-0.2, -0.15) is 0 Å². The van der Waals surface area contributed by atoms with Gasteiger partial charge in [0.05, 0.1) is 12.1 Å². The number of rotatable bonds is 3. The van der Waals surface area contributed by atoms with Gasteiger partial charge in [-0.1, -0.05) is 12.8 Å². The molecule has 1 aliphatic carbocycles. The zero-order valence-corrected chi connectivity index (χ0v) is 11.4. The lowest BCUT2D eigenvalue weighted by Gasteiger charge is -2.47. The molecule has 0 aromatic rings. The summed E-state index contributed by atoms with van der Waals surface area (Å²) in [5, 5.41) is 30.6. The minimum atomic E-state index is -1.59. The molecule has 114 valence electrons. The van der Waals surface area contributed by atoms with E-state index in [9.17, 15) is 14.7 Å². The molecule has 1 saturated heterocycles. The van der Waals surface area contributed by atoms with Gasteiger partial charge in [0.1, 0.15) is 0 Å². The second kappa shape index (κ2) is 5.97. The standard InChI is InChI=1S/C13H22N2O5/c16-10(11(17)18)7-14-12(19)15-6-5-13(20)4-2-1-3-9(13)8-15/h9-10,16,20H,1-8H2,(H,14,19)(H,17,18). The Morgan fingerprint density at radius 2 is 2.10 bits per heavy atom. The van der Waals surface area contributed by atoms with Crippen molar-refractivity contribution in [1.29, 1.82) is 0 Å². The molecule has 20 heavy (non-hydrogen) atoms. The van der Waals surface area contributed by atoms with Crippen molar-refractivity contribution in [2.24, 2.45) is 5.92 Å². The van der Waals surface area contributed by atoms with Gasteiger partial charge in [-0.15, -0.1) is 0 Å². The number of piperidine rings is 1. The number of aliphatic hydroxyl groups is 2. The van der Waals surface area contributed by atoms with Crippen molar-refractivity contribution in [3.8, 4) is 0 Å². The maximum Gasteiger partial charge on any atom is 0.334 e. The number of hydrogen-bond donors (Lipinski definition) is 4. The van der Waals surface area contributed by atoms with E-state index in [1.54, 1.807) is 4.90 Å². The third kappa shape index (κ3) is 3.21. The molecule has 0 aromatic heterocycles. The lowest BCUT2D eigenvalue weighted by molar-refractivity contribution is -0.146. The predicted molar refractivity (Wildman–Crippen MR) is 70.1 cm³/mol. The zero-order chi connectivity index (χ0) is 14.8. The van der Waals surface area contributed by atoms with Crippen LogP contribution in [0.25, 0.3) is 0 Å². The van der Waals surface area contributed by atoms with Crippen molar-refractivity contribution in [1.82, 2.24) is 10.2 Å². The van der Waals surface area contributed by atoms with E-state index in [0.29, 0.717) is 19.5 Å². The first-order valence-electron chi connectivity index (χ1n) is 7.08. The molecule has 0 aromatic carbocycles. The number of fused-ring (bicyclic) bond motifs is 1. The van der Waals surface area contributed by atoms with E-state index in [1.165, 1.54) is 0 Å². The first kappa shape index (κ1) is 15.1. The molecule has 2 aliphatic rings. The summed E-state index contributed by atoms with van der Waals surface area (Å²) in [6.07, 6.45) is 2.79. The van der Waals surface area contributed by atoms with Gasteiger partial charge in [0.2, 0.25) is 0 Å². The summed E-state index contributed by atoms with van der Waals surface area (Å²) in [5.74, 6) is -1.26. The largest absolute Gasteiger partial charge is 0.479 e. The second-order valence-corrected chi connectivity index (χ2v) is 5.78. The topological polar surface area (TPSA) is 110 Å². The number of carboxylic acids is 1. The number of aliphatic carboxylic acids is 1. The molecule has 2 fully saturated rings. The van der Waals surface area contributed by atoms with Crippen molar-refractivity contribution < 1.29 is 24.9 Å². The highest BCUT2D eigenvalue weighted by Crippen LogP contribution is 2.39. The molecule has 2 amide bonds. The first-order valence-corrected chi connectivity index (χ1v) is 7.08. The predicted octanol–water partition coefficient (Wildman–Crippen LogP) is -0.231. The van der Waals surface area contributed by atoms with Gasteiger partial charge < -0.3 is 25.5 Å². The van der Waals surface area contributed by atoms with Gasteiger partial charge in [0, 0.05) is 19.0 Å². The van der Waals surface area contributed by atoms with E-state index in [4.69, 9.17) is 10.2 Å². The molecule has 7 heteroatoms. The van der Waals surface area contributed by atoms with Crippen LogP contribution >= 0.6 is 0 Å². The molecular formula is C13H22N2O5. The van der Waals surface area contributed by atoms with Crippen molar-refractivity contribution in [3.05, 3.63) is 0 Å². The molecule has 4 N–H and O–H groups in total. The Kier molecular flexibility index (Phi) is 4.49. The number of urea groups is 1. The molecule has 0 radical (unpaired) electrons. The van der Waals surface area contributed by atoms with Gasteiger partial charge in [0.25, 0.3) is 0 Å². The van der Waals surface area contributed by atoms with E-state index < -0.39 is 17.7 Å². The van der Waals surface area contributed by atoms with Crippen LogP contribution in [0.3, 0.4) is 0 Å². The summed E-state index contributed by atoms with van der Waals surface area (Å²) in [4.78, 5) is 24.0. The summed E-state index contributed by atoms with van der Waals surface area (Å²) < 4.78 is 0. The third-order valence-electron chi connectivity index (χ3n) is 4.45. The molecule has 1 aliphatic heterocycles. The Morgan fingerprint density at radius 1 is 1.35 bits per heavy atom. The molecule has 7 nitrogen and oxygen atoms in total. The van der Waals surface area contributed by atoms with Crippen LogP contribution in [0.15, 0.2) is 0 Å². The lowest BCUT2D eigenvalue weighted by atomic mass is 9.71. The summed E-state index contributed by atoms with van der Waals surface area (Å²) >= 11 is 0. The quantitative estimate of drug-likeness (QED) is 0.573. The number of nitrogens with one attached hydrogen (secondary N) is 1. The van der Waals surface area contributed by atoms with Crippen LogP contribution in [-0.4, -0.2) is 63.6 Å². The van der Waals surface area contributed by atoms with Crippen LogP contribution in [0.1, 0.15) is 32.1 Å². The Morgan fingerprint density at radius 3 is 2.80 bits per heavy atom. The number of carbonyl (C=O) groups excluding carboxylic acids is 1. The van der Waals surface area contributed by atoms with Gasteiger partial charge in [-0.25, -0.2) is 9.59 Å². The summed E-state index contributed by atoms with van der Waals surface area (Å²) in [6, 6.07) is -0.377. The highest BCUT2D eigenvalue weighted by Gasteiger charge is 2.43. The highest BCUT2D eigenvalue weighted by atomic mass is 16.4. The maximum absolute atomic E-state index is 11.9. The van der Waals surface area contributed by atoms with Crippen LogP contribution in [0.4, 0.5) is 4.79 Å². The fourth-order valence-electron chi connectivity index (χ4n) is 3.14. The Bertz CT molecular complexity index is 389. The SMILES string of the molecule is O=C(O)C(O)CNC(=O)N1CCC2(O)CCCCC2C1. The number of aliphatic hydroxyl groups excluding tert-OH is 1. The number of carboxylic acid groups (broad SMARTS) is 1. The summed E-state index contributed by atoms with van der Waals surface area (Å²) in [5.41, 5.74) is -0.643. The number of carbonyl (C=O) groups is 2. The summed E-state index contributed by atoms with van der Waals surface area (Å²) in [6.45, 7) is 0.646. The first-order chi connectivity index (χ1) is 9.42. The molecule has 1 heterocycles. The average Bonchev–Trinajstić information content (AvgIpc) is 2.43. The van der Waals surface area contributed by atoms with Crippen LogP contribution in [0, 0.1) is 5.92 Å². The van der Waals surface area contributed by atoms with E-state index in [2.05, 4.69) is 5.32 Å². The minimum Gasteiger partial charge on any atom is -0.479 e. The molecule has 3 atom stereocenters. The van der Waals surface area contributed by atoms with E-state index in [0.717, 1.165) is 25.7 Å². The Labute approximate surface area is 117 Å². The van der Waals surface area contributed by atoms with E-state index in [1.807, 2.05) is 0 Å². The molecular weight excluding hydrogens is 264 g/mol. The Balaban J connectivity index is 1.85. The van der Waals surface area contributed by atoms with Crippen LogP contribution in [0.5, 0.6) is 0 Å². The number of amides is 2. The van der Waals surface area contributed by atoms with Gasteiger partial charge in [-0.3, -0.25) is 0 Å². The van der Waals surface area contributed by atoms with Crippen molar-refractivity contribution in [2.75, 3.05) is 19.6 Å². The normalized spacial score (nSPS) is 31.3. The van der Waals surface area contributed by atoms with Crippen molar-refractivity contribution >= 4 is 12.0 Å². The van der Waals surface area contributed by atoms with Gasteiger partial charge >= 0.3 is 12.0 Å². The van der Waals surface area contributed by atoms with Gasteiger partial charge in [0.15, 0.2) is 6.10 Å². The molecule has 0 spiro atoms. The Hall–Kier alpha value is -1.34. The maximum atomic E-state index is 11.9. The molecule has 0 bridgehead atoms. The second-order valence-electron chi connectivity index (χ2n) is 5.78. The fraction of sp³-hybridized carbons (Fsp3) is 0.846.